The van der Waals surface area contributed by atoms with Crippen LogP contribution in [0.25, 0.3) is 0 Å². The van der Waals surface area contributed by atoms with Crippen LogP contribution in [0.3, 0.4) is 0 Å². The zero-order valence-corrected chi connectivity index (χ0v) is 8.09. The van der Waals surface area contributed by atoms with E-state index in [1.54, 1.807) is 14.0 Å². The zero-order chi connectivity index (χ0) is 9.19. The molecular formula is C9H17NO2. The Bertz CT molecular complexity index is 171. The number of amides is 1. The Morgan fingerprint density at radius 3 is 2.25 bits per heavy atom. The van der Waals surface area contributed by atoms with E-state index >= 15 is 0 Å². The van der Waals surface area contributed by atoms with E-state index in [2.05, 4.69) is 6.92 Å². The Morgan fingerprint density at radius 1 is 1.42 bits per heavy atom. The average molecular weight is 171 g/mol. The fourth-order valence-electron chi connectivity index (χ4n) is 1.50. The first-order valence-corrected chi connectivity index (χ1v) is 4.38. The minimum atomic E-state index is -0.00799. The summed E-state index contributed by atoms with van der Waals surface area (Å²) in [5, 5.41) is 0. The van der Waals surface area contributed by atoms with Crippen molar-refractivity contribution in [2.45, 2.75) is 32.3 Å². The van der Waals surface area contributed by atoms with Crippen molar-refractivity contribution in [1.29, 1.82) is 0 Å². The highest BCUT2D eigenvalue weighted by Gasteiger charge is 2.30. The van der Waals surface area contributed by atoms with Crippen LogP contribution in [-0.2, 0) is 9.53 Å². The molecule has 3 nitrogen and oxygen atoms in total. The highest BCUT2D eigenvalue weighted by atomic mass is 16.5. The molecule has 0 atom stereocenters. The topological polar surface area (TPSA) is 29.5 Å². The maximum atomic E-state index is 11.0. The second-order valence-corrected chi connectivity index (χ2v) is 3.66. The summed E-state index contributed by atoms with van der Waals surface area (Å²) in [6, 6.07) is 0. The van der Waals surface area contributed by atoms with Crippen LogP contribution in [-0.4, -0.2) is 36.6 Å². The van der Waals surface area contributed by atoms with Gasteiger partial charge in [-0.1, -0.05) is 0 Å². The number of hydrogen-bond donors (Lipinski definition) is 0. The number of carbonyl (C=O) groups is 1. The lowest BCUT2D eigenvalue weighted by molar-refractivity contribution is -0.133. The number of methoxy groups -OCH3 is 1. The maximum Gasteiger partial charge on any atom is 0.219 e. The number of rotatable bonds is 1. The molecule has 1 aliphatic rings. The summed E-state index contributed by atoms with van der Waals surface area (Å²) in [7, 11) is 1.74. The third kappa shape index (κ3) is 1.97. The molecule has 0 unspecified atom stereocenters. The van der Waals surface area contributed by atoms with Gasteiger partial charge in [0.15, 0.2) is 0 Å². The molecule has 12 heavy (non-hydrogen) atoms. The first-order valence-electron chi connectivity index (χ1n) is 4.38. The van der Waals surface area contributed by atoms with Gasteiger partial charge in [-0.05, 0) is 19.8 Å². The van der Waals surface area contributed by atoms with Crippen LogP contribution in [0.5, 0.6) is 0 Å². The second kappa shape index (κ2) is 3.44. The van der Waals surface area contributed by atoms with Crippen molar-refractivity contribution >= 4 is 5.91 Å². The average Bonchev–Trinajstić information content (AvgIpc) is 2.05. The summed E-state index contributed by atoms with van der Waals surface area (Å²) in [5.41, 5.74) is -0.00799. The number of ether oxygens (including phenoxy) is 1. The molecule has 1 fully saturated rings. The van der Waals surface area contributed by atoms with Gasteiger partial charge in [0.25, 0.3) is 0 Å². The lowest BCUT2D eigenvalue weighted by Gasteiger charge is -2.37. The summed E-state index contributed by atoms with van der Waals surface area (Å²) in [5.74, 6) is 0.174. The summed E-state index contributed by atoms with van der Waals surface area (Å²) < 4.78 is 5.37. The van der Waals surface area contributed by atoms with Gasteiger partial charge in [-0.15, -0.1) is 0 Å². The van der Waals surface area contributed by atoms with E-state index < -0.39 is 0 Å². The van der Waals surface area contributed by atoms with E-state index in [9.17, 15) is 4.79 Å². The molecule has 0 radical (unpaired) electrons. The van der Waals surface area contributed by atoms with Crippen molar-refractivity contribution in [3.8, 4) is 0 Å². The Hall–Kier alpha value is -0.570. The SMILES string of the molecule is COC1(C)CCN(C(C)=O)CC1. The molecular weight excluding hydrogens is 154 g/mol. The van der Waals surface area contributed by atoms with Crippen LogP contribution in [0, 0.1) is 0 Å². The monoisotopic (exact) mass is 171 g/mol. The molecule has 1 saturated heterocycles. The molecule has 1 amide bonds. The van der Waals surface area contributed by atoms with Gasteiger partial charge in [0.1, 0.15) is 0 Å². The molecule has 70 valence electrons. The minimum Gasteiger partial charge on any atom is -0.378 e. The second-order valence-electron chi connectivity index (χ2n) is 3.66. The van der Waals surface area contributed by atoms with E-state index in [1.165, 1.54) is 0 Å². The summed E-state index contributed by atoms with van der Waals surface area (Å²) in [6.07, 6.45) is 1.90. The number of likely N-dealkylation sites (tertiary alicyclic amines) is 1. The van der Waals surface area contributed by atoms with Crippen LogP contribution in [0.1, 0.15) is 26.7 Å². The molecule has 0 aromatic carbocycles. The Labute approximate surface area is 73.7 Å². The van der Waals surface area contributed by atoms with Crippen LogP contribution < -0.4 is 0 Å². The van der Waals surface area contributed by atoms with Gasteiger partial charge in [-0.2, -0.15) is 0 Å². The Kier molecular flexibility index (Phi) is 2.73. The molecule has 1 rings (SSSR count). The normalized spacial score (nSPS) is 22.4. The van der Waals surface area contributed by atoms with Gasteiger partial charge < -0.3 is 9.64 Å². The van der Waals surface area contributed by atoms with E-state index in [0.717, 1.165) is 25.9 Å². The number of hydrogen-bond acceptors (Lipinski definition) is 2. The van der Waals surface area contributed by atoms with Gasteiger partial charge in [-0.25, -0.2) is 0 Å². The third-order valence-corrected chi connectivity index (χ3v) is 2.76. The fraction of sp³-hybridized carbons (Fsp3) is 0.889. The molecule has 3 heteroatoms. The van der Waals surface area contributed by atoms with E-state index in [-0.39, 0.29) is 11.5 Å². The molecule has 1 aliphatic heterocycles. The van der Waals surface area contributed by atoms with Crippen molar-refractivity contribution in [1.82, 2.24) is 4.90 Å². The van der Waals surface area contributed by atoms with Crippen molar-refractivity contribution in [2.75, 3.05) is 20.2 Å². The van der Waals surface area contributed by atoms with Crippen molar-refractivity contribution in [2.24, 2.45) is 0 Å². The largest absolute Gasteiger partial charge is 0.378 e. The predicted molar refractivity (Wildman–Crippen MR) is 46.9 cm³/mol. The van der Waals surface area contributed by atoms with Gasteiger partial charge in [-0.3, -0.25) is 4.79 Å². The Balaban J connectivity index is 2.44. The molecule has 0 aromatic rings. The summed E-state index contributed by atoms with van der Waals surface area (Å²) in [6.45, 7) is 5.39. The van der Waals surface area contributed by atoms with Crippen LogP contribution in [0.2, 0.25) is 0 Å². The van der Waals surface area contributed by atoms with Crippen molar-refractivity contribution in [3.05, 3.63) is 0 Å². The molecule has 0 aromatic heterocycles. The van der Waals surface area contributed by atoms with E-state index in [1.807, 2.05) is 4.90 Å². The van der Waals surface area contributed by atoms with E-state index in [4.69, 9.17) is 4.74 Å². The van der Waals surface area contributed by atoms with Crippen molar-refractivity contribution in [3.63, 3.8) is 0 Å². The first kappa shape index (κ1) is 9.52. The number of carbonyl (C=O) groups excluding carboxylic acids is 1. The standard InChI is InChI=1S/C9H17NO2/c1-8(11)10-6-4-9(2,12-3)5-7-10/h4-7H2,1-3H3. The van der Waals surface area contributed by atoms with Gasteiger partial charge in [0.2, 0.25) is 5.91 Å². The molecule has 0 bridgehead atoms. The molecule has 0 saturated carbocycles. The quantitative estimate of drug-likeness (QED) is 0.590. The number of piperidine rings is 1. The maximum absolute atomic E-state index is 11.0. The predicted octanol–water partition coefficient (Wildman–Crippen LogP) is 1.03. The Morgan fingerprint density at radius 2 is 1.92 bits per heavy atom. The molecule has 0 aliphatic carbocycles. The summed E-state index contributed by atoms with van der Waals surface area (Å²) >= 11 is 0. The molecule has 0 spiro atoms. The molecule has 0 N–H and O–H groups in total. The lowest BCUT2D eigenvalue weighted by atomic mass is 9.93. The van der Waals surface area contributed by atoms with Gasteiger partial charge >= 0.3 is 0 Å². The highest BCUT2D eigenvalue weighted by Crippen LogP contribution is 2.24. The molecule has 1 heterocycles. The fourth-order valence-corrected chi connectivity index (χ4v) is 1.50. The van der Waals surface area contributed by atoms with Crippen LogP contribution >= 0.6 is 0 Å². The first-order chi connectivity index (χ1) is 5.57. The van der Waals surface area contributed by atoms with Crippen LogP contribution in [0.4, 0.5) is 0 Å². The summed E-state index contributed by atoms with van der Waals surface area (Å²) in [4.78, 5) is 12.9. The van der Waals surface area contributed by atoms with Crippen molar-refractivity contribution < 1.29 is 9.53 Å². The van der Waals surface area contributed by atoms with Gasteiger partial charge in [0, 0.05) is 27.1 Å². The third-order valence-electron chi connectivity index (χ3n) is 2.76. The van der Waals surface area contributed by atoms with Crippen LogP contribution in [0.15, 0.2) is 0 Å². The smallest absolute Gasteiger partial charge is 0.219 e. The van der Waals surface area contributed by atoms with E-state index in [0.29, 0.717) is 0 Å². The zero-order valence-electron chi connectivity index (χ0n) is 8.09. The lowest BCUT2D eigenvalue weighted by Crippen LogP contribution is -2.45. The highest BCUT2D eigenvalue weighted by molar-refractivity contribution is 5.73. The minimum absolute atomic E-state index is 0.00799. The van der Waals surface area contributed by atoms with Gasteiger partial charge in [0.05, 0.1) is 5.60 Å². The number of nitrogens with zero attached hydrogens (tertiary/aromatic N) is 1.